The maximum Gasteiger partial charge on any atom is 0.310 e. The van der Waals surface area contributed by atoms with Crippen LogP contribution < -0.4 is 10.1 Å². The van der Waals surface area contributed by atoms with Crippen LogP contribution >= 0.6 is 12.4 Å². The van der Waals surface area contributed by atoms with Crippen LogP contribution in [0.3, 0.4) is 0 Å². The van der Waals surface area contributed by atoms with Crippen LogP contribution in [0.2, 0.25) is 0 Å². The van der Waals surface area contributed by atoms with E-state index >= 15 is 0 Å². The largest absolute Gasteiger partial charge is 0.426 e. The minimum absolute atomic E-state index is 0. The molecule has 6 heteroatoms. The molecule has 4 nitrogen and oxygen atoms in total. The van der Waals surface area contributed by atoms with E-state index in [1.807, 2.05) is 6.92 Å². The van der Waals surface area contributed by atoms with Crippen LogP contribution in [0.5, 0.6) is 5.75 Å². The molecule has 2 rings (SSSR count). The molecule has 1 aliphatic rings. The van der Waals surface area contributed by atoms with Gasteiger partial charge in [-0.05, 0) is 50.0 Å². The lowest BCUT2D eigenvalue weighted by Crippen LogP contribution is -2.40. The molecule has 0 atom stereocenters. The van der Waals surface area contributed by atoms with Crippen molar-refractivity contribution in [1.29, 1.82) is 5.26 Å². The van der Waals surface area contributed by atoms with Crippen molar-refractivity contribution >= 4 is 18.4 Å². The molecule has 23 heavy (non-hydrogen) atoms. The smallest absolute Gasteiger partial charge is 0.310 e. The summed E-state index contributed by atoms with van der Waals surface area (Å²) in [6, 6.07) is 5.15. The van der Waals surface area contributed by atoms with Gasteiger partial charge in [0.1, 0.15) is 11.6 Å². The Bertz CT molecular complexity index is 607. The summed E-state index contributed by atoms with van der Waals surface area (Å²) in [5.74, 6) is -0.396. The first-order chi connectivity index (χ1) is 10.6. The van der Waals surface area contributed by atoms with Crippen molar-refractivity contribution in [3.05, 3.63) is 29.1 Å². The first kappa shape index (κ1) is 19.4. The van der Waals surface area contributed by atoms with Crippen molar-refractivity contribution in [2.45, 2.75) is 44.9 Å². The topological polar surface area (TPSA) is 62.1 Å². The van der Waals surface area contributed by atoms with Crippen LogP contribution in [0, 0.1) is 17.1 Å². The monoisotopic (exact) mass is 340 g/mol. The number of hydrogen-bond acceptors (Lipinski definition) is 4. The average Bonchev–Trinajstić information content (AvgIpc) is 2.56. The third-order valence-corrected chi connectivity index (χ3v) is 4.23. The molecule has 0 bridgehead atoms. The summed E-state index contributed by atoms with van der Waals surface area (Å²) in [5, 5.41) is 13.0. The molecule has 1 aliphatic heterocycles. The van der Waals surface area contributed by atoms with Crippen LogP contribution in [0.15, 0.2) is 12.1 Å². The Hall–Kier alpha value is -1.64. The number of carbonyl (C=O) groups excluding carboxylic acids is 1. The third kappa shape index (κ3) is 3.82. The second-order valence-corrected chi connectivity index (χ2v) is 5.52. The quantitative estimate of drug-likeness (QED) is 0.675. The Balaban J connectivity index is 0.00000264. The van der Waals surface area contributed by atoms with Gasteiger partial charge in [-0.1, -0.05) is 13.8 Å². The summed E-state index contributed by atoms with van der Waals surface area (Å²) in [7, 11) is 0. The van der Waals surface area contributed by atoms with Crippen LogP contribution in [0.4, 0.5) is 4.39 Å². The molecule has 1 saturated heterocycles. The highest BCUT2D eigenvalue weighted by Gasteiger charge is 2.39. The lowest BCUT2D eigenvalue weighted by molar-refractivity contribution is -0.134. The molecule has 0 aromatic heterocycles. The van der Waals surface area contributed by atoms with Crippen LogP contribution in [-0.4, -0.2) is 19.1 Å². The first-order valence-corrected chi connectivity index (χ1v) is 7.72. The van der Waals surface area contributed by atoms with Crippen molar-refractivity contribution in [1.82, 2.24) is 5.32 Å². The van der Waals surface area contributed by atoms with Crippen molar-refractivity contribution in [3.63, 3.8) is 0 Å². The molecular formula is C17H22ClFN2O2. The minimum atomic E-state index is -0.804. The Kier molecular flexibility index (Phi) is 6.99. The molecule has 1 N–H and O–H groups in total. The van der Waals surface area contributed by atoms with Gasteiger partial charge in [-0.25, -0.2) is 4.39 Å². The van der Waals surface area contributed by atoms with E-state index in [0.717, 1.165) is 0 Å². The van der Waals surface area contributed by atoms with E-state index in [1.165, 1.54) is 12.1 Å². The molecule has 0 radical (unpaired) electrons. The van der Waals surface area contributed by atoms with Gasteiger partial charge >= 0.3 is 5.97 Å². The van der Waals surface area contributed by atoms with E-state index in [0.29, 0.717) is 49.2 Å². The van der Waals surface area contributed by atoms with Gasteiger partial charge in [-0.3, -0.25) is 4.79 Å². The second-order valence-electron chi connectivity index (χ2n) is 5.52. The number of rotatable bonds is 4. The van der Waals surface area contributed by atoms with Crippen molar-refractivity contribution < 1.29 is 13.9 Å². The molecule has 0 amide bonds. The highest BCUT2D eigenvalue weighted by Crippen LogP contribution is 2.42. The first-order valence-electron chi connectivity index (χ1n) is 7.72. The number of ether oxygens (including phenoxy) is 1. The summed E-state index contributed by atoms with van der Waals surface area (Å²) >= 11 is 0. The number of carbonyl (C=O) groups is 1. The summed E-state index contributed by atoms with van der Waals surface area (Å²) in [6.07, 6.45) is 1.85. The zero-order chi connectivity index (χ0) is 16.2. The number of nitrogens with zero attached hydrogens (tertiary/aromatic N) is 1. The average molecular weight is 341 g/mol. The number of halogens is 2. The highest BCUT2D eigenvalue weighted by molar-refractivity contribution is 5.85. The lowest BCUT2D eigenvalue weighted by Gasteiger charge is -2.34. The second kappa shape index (κ2) is 8.28. The van der Waals surface area contributed by atoms with E-state index in [1.54, 1.807) is 6.92 Å². The fourth-order valence-electron chi connectivity index (χ4n) is 3.02. The van der Waals surface area contributed by atoms with Gasteiger partial charge in [0.05, 0.1) is 11.5 Å². The fourth-order valence-corrected chi connectivity index (χ4v) is 3.02. The Labute approximate surface area is 142 Å². The van der Waals surface area contributed by atoms with Crippen molar-refractivity contribution in [2.24, 2.45) is 0 Å². The van der Waals surface area contributed by atoms with Crippen LogP contribution in [0.1, 0.15) is 44.2 Å². The van der Waals surface area contributed by atoms with Gasteiger partial charge in [-0.2, -0.15) is 5.26 Å². The molecule has 1 aromatic rings. The van der Waals surface area contributed by atoms with Gasteiger partial charge in [-0.15, -0.1) is 12.4 Å². The van der Waals surface area contributed by atoms with E-state index in [9.17, 15) is 14.4 Å². The Morgan fingerprint density at radius 2 is 2.04 bits per heavy atom. The van der Waals surface area contributed by atoms with Gasteiger partial charge < -0.3 is 10.1 Å². The molecular weight excluding hydrogens is 319 g/mol. The number of hydrogen-bond donors (Lipinski definition) is 1. The van der Waals surface area contributed by atoms with E-state index < -0.39 is 5.41 Å². The molecule has 126 valence electrons. The van der Waals surface area contributed by atoms with E-state index in [2.05, 4.69) is 11.4 Å². The summed E-state index contributed by atoms with van der Waals surface area (Å²) in [5.41, 5.74) is 0.229. The predicted octanol–water partition coefficient (Wildman–Crippen LogP) is 3.27. The minimum Gasteiger partial charge on any atom is -0.426 e. The highest BCUT2D eigenvalue weighted by atomic mass is 35.5. The molecule has 0 spiro atoms. The van der Waals surface area contributed by atoms with Crippen molar-refractivity contribution in [2.75, 3.05) is 13.1 Å². The van der Waals surface area contributed by atoms with E-state index in [4.69, 9.17) is 4.74 Å². The third-order valence-electron chi connectivity index (χ3n) is 4.23. The zero-order valence-electron chi connectivity index (χ0n) is 13.4. The molecule has 0 aliphatic carbocycles. The molecule has 1 heterocycles. The number of piperidine rings is 1. The molecule has 1 fully saturated rings. The Morgan fingerprint density at radius 3 is 2.57 bits per heavy atom. The van der Waals surface area contributed by atoms with Gasteiger partial charge in [0.15, 0.2) is 0 Å². The van der Waals surface area contributed by atoms with Gasteiger partial charge in [0.25, 0.3) is 0 Å². The molecule has 0 saturated carbocycles. The van der Waals surface area contributed by atoms with Crippen LogP contribution in [-0.2, 0) is 16.6 Å². The summed E-state index contributed by atoms with van der Waals surface area (Å²) < 4.78 is 19.6. The SMILES string of the molecule is CCC(=O)Oc1ccc(F)c(CC)c1C1(C#N)CCNCC1.Cl. The Morgan fingerprint density at radius 1 is 1.39 bits per heavy atom. The zero-order valence-corrected chi connectivity index (χ0v) is 14.3. The lowest BCUT2D eigenvalue weighted by atomic mass is 9.72. The predicted molar refractivity (Wildman–Crippen MR) is 88.3 cm³/mol. The number of nitrogens with one attached hydrogen (secondary N) is 1. The maximum absolute atomic E-state index is 14.2. The number of nitriles is 1. The summed E-state index contributed by atoms with van der Waals surface area (Å²) in [6.45, 7) is 4.93. The fraction of sp³-hybridized carbons (Fsp3) is 0.529. The van der Waals surface area contributed by atoms with Crippen LogP contribution in [0.25, 0.3) is 0 Å². The van der Waals surface area contributed by atoms with Gasteiger partial charge in [0, 0.05) is 12.0 Å². The van der Waals surface area contributed by atoms with Gasteiger partial charge in [0.2, 0.25) is 0 Å². The summed E-state index contributed by atoms with van der Waals surface area (Å²) in [4.78, 5) is 11.7. The number of benzene rings is 1. The molecule has 1 aromatic carbocycles. The van der Waals surface area contributed by atoms with E-state index in [-0.39, 0.29) is 30.6 Å². The normalized spacial score (nSPS) is 16.1. The maximum atomic E-state index is 14.2. The standard InChI is InChI=1S/C17H21FN2O2.ClH/c1-3-12-13(18)5-6-14(22-15(21)4-2)16(12)17(11-19)7-9-20-10-8-17;/h5-6,20H,3-4,7-10H2,1-2H3;1H. The number of esters is 1. The van der Waals surface area contributed by atoms with Crippen molar-refractivity contribution in [3.8, 4) is 11.8 Å². The molecule has 0 unspecified atom stereocenters.